The molecule has 0 amide bonds. The number of hydrogen-bond donors (Lipinski definition) is 3. The van der Waals surface area contributed by atoms with Crippen LogP contribution < -0.4 is 5.32 Å². The highest BCUT2D eigenvalue weighted by Crippen LogP contribution is 2.37. The lowest BCUT2D eigenvalue weighted by Crippen LogP contribution is -2.45. The van der Waals surface area contributed by atoms with Crippen LogP contribution in [0.1, 0.15) is 39.6 Å². The third-order valence-electron chi connectivity index (χ3n) is 5.24. The minimum Gasteiger partial charge on any atom is -0.480 e. The summed E-state index contributed by atoms with van der Waals surface area (Å²) in [5, 5.41) is 14.1. The van der Waals surface area contributed by atoms with Crippen LogP contribution in [0.3, 0.4) is 0 Å². The summed E-state index contributed by atoms with van der Waals surface area (Å²) < 4.78 is 0. The molecule has 25 heavy (non-hydrogen) atoms. The summed E-state index contributed by atoms with van der Waals surface area (Å²) in [6, 6.07) is 11.7. The maximum Gasteiger partial charge on any atom is 0.321 e. The van der Waals surface area contributed by atoms with Gasteiger partial charge in [-0.3, -0.25) is 10.1 Å². The van der Waals surface area contributed by atoms with E-state index in [4.69, 9.17) is 0 Å². The number of aromatic nitrogens is 1. The summed E-state index contributed by atoms with van der Waals surface area (Å²) in [6.45, 7) is 6.29. The number of hydrogen-bond acceptors (Lipinski definition) is 2. The van der Waals surface area contributed by atoms with Gasteiger partial charge in [-0.1, -0.05) is 35.9 Å². The Balaban J connectivity index is 1.96. The fraction of sp³-hybridized carbons (Fsp3) is 0.286. The standard InChI is InChI=1S/C21H22N2O2/c1-11-8-12(2)18(13(3)9-11)20-19-15(10-17(23-20)21(24)25)14-6-4-5-7-16(14)22-19/h4-9,17,20,22-23H,10H2,1-3H3,(H,24,25). The van der Waals surface area contributed by atoms with Crippen LogP contribution in [0.2, 0.25) is 0 Å². The number of aryl methyl sites for hydroxylation is 3. The first-order valence-electron chi connectivity index (χ1n) is 8.61. The molecule has 0 spiro atoms. The number of aliphatic carboxylic acids is 1. The molecule has 128 valence electrons. The van der Waals surface area contributed by atoms with Crippen molar-refractivity contribution in [3.63, 3.8) is 0 Å². The topological polar surface area (TPSA) is 65.1 Å². The zero-order chi connectivity index (χ0) is 17.7. The Morgan fingerprint density at radius 1 is 1.12 bits per heavy atom. The van der Waals surface area contributed by atoms with E-state index < -0.39 is 12.0 Å². The van der Waals surface area contributed by atoms with Gasteiger partial charge in [0, 0.05) is 23.0 Å². The van der Waals surface area contributed by atoms with Crippen LogP contribution in [0.25, 0.3) is 10.9 Å². The van der Waals surface area contributed by atoms with Gasteiger partial charge in [0.1, 0.15) is 6.04 Å². The van der Waals surface area contributed by atoms with Gasteiger partial charge in [-0.25, -0.2) is 0 Å². The zero-order valence-electron chi connectivity index (χ0n) is 14.7. The van der Waals surface area contributed by atoms with Crippen molar-refractivity contribution in [1.82, 2.24) is 10.3 Å². The lowest BCUT2D eigenvalue weighted by Gasteiger charge is -2.31. The summed E-state index contributed by atoms with van der Waals surface area (Å²) >= 11 is 0. The van der Waals surface area contributed by atoms with Gasteiger partial charge in [-0.15, -0.1) is 0 Å². The number of aromatic amines is 1. The van der Waals surface area contributed by atoms with E-state index in [0.717, 1.165) is 22.2 Å². The third kappa shape index (κ3) is 2.53. The van der Waals surface area contributed by atoms with Crippen molar-refractivity contribution in [2.24, 2.45) is 0 Å². The summed E-state index contributed by atoms with van der Waals surface area (Å²) in [5.41, 5.74) is 8.04. The van der Waals surface area contributed by atoms with Crippen LogP contribution in [0.15, 0.2) is 36.4 Å². The fourth-order valence-electron chi connectivity index (χ4n) is 4.27. The lowest BCUT2D eigenvalue weighted by atomic mass is 9.86. The summed E-state index contributed by atoms with van der Waals surface area (Å²) in [6.07, 6.45) is 0.495. The van der Waals surface area contributed by atoms with E-state index in [1.165, 1.54) is 22.3 Å². The normalized spacial score (nSPS) is 19.8. The molecule has 0 saturated carbocycles. The number of para-hydroxylation sites is 1. The maximum absolute atomic E-state index is 11.8. The molecule has 3 aromatic rings. The van der Waals surface area contributed by atoms with Crippen molar-refractivity contribution in [2.75, 3.05) is 0 Å². The molecule has 0 saturated heterocycles. The lowest BCUT2D eigenvalue weighted by molar-refractivity contribution is -0.139. The van der Waals surface area contributed by atoms with Gasteiger partial charge in [-0.2, -0.15) is 0 Å². The zero-order valence-corrected chi connectivity index (χ0v) is 14.7. The Morgan fingerprint density at radius 3 is 2.48 bits per heavy atom. The Hall–Kier alpha value is -2.59. The number of nitrogens with one attached hydrogen (secondary N) is 2. The molecule has 2 heterocycles. The molecular weight excluding hydrogens is 312 g/mol. The van der Waals surface area contributed by atoms with E-state index in [9.17, 15) is 9.90 Å². The van der Waals surface area contributed by atoms with Gasteiger partial charge in [0.05, 0.1) is 6.04 Å². The van der Waals surface area contributed by atoms with Crippen LogP contribution in [0.4, 0.5) is 0 Å². The molecule has 1 aliphatic rings. The highest BCUT2D eigenvalue weighted by atomic mass is 16.4. The number of H-pyrrole nitrogens is 1. The minimum absolute atomic E-state index is 0.141. The molecular formula is C21H22N2O2. The molecule has 0 radical (unpaired) electrons. The highest BCUT2D eigenvalue weighted by molar-refractivity contribution is 5.87. The van der Waals surface area contributed by atoms with Crippen molar-refractivity contribution < 1.29 is 9.90 Å². The quantitative estimate of drug-likeness (QED) is 0.668. The largest absolute Gasteiger partial charge is 0.480 e. The first-order valence-corrected chi connectivity index (χ1v) is 8.61. The Labute approximate surface area is 146 Å². The van der Waals surface area contributed by atoms with Gasteiger partial charge < -0.3 is 10.1 Å². The molecule has 1 aromatic heterocycles. The summed E-state index contributed by atoms with van der Waals surface area (Å²) in [5.74, 6) is -0.802. The minimum atomic E-state index is -0.802. The first kappa shape index (κ1) is 15.9. The summed E-state index contributed by atoms with van der Waals surface area (Å²) in [7, 11) is 0. The van der Waals surface area contributed by atoms with Crippen LogP contribution in [-0.4, -0.2) is 22.1 Å². The Bertz CT molecular complexity index is 964. The Kier molecular flexibility index (Phi) is 3.65. The second-order valence-corrected chi connectivity index (χ2v) is 7.07. The van der Waals surface area contributed by atoms with Crippen molar-refractivity contribution >= 4 is 16.9 Å². The predicted octanol–water partition coefficient (Wildman–Crippen LogP) is 3.78. The van der Waals surface area contributed by atoms with Gasteiger partial charge >= 0.3 is 5.97 Å². The van der Waals surface area contributed by atoms with Crippen molar-refractivity contribution in [3.05, 3.63) is 69.9 Å². The molecule has 4 rings (SSSR count). The average Bonchev–Trinajstić information content (AvgIpc) is 2.92. The molecule has 2 unspecified atom stereocenters. The van der Waals surface area contributed by atoms with E-state index >= 15 is 0 Å². The number of benzene rings is 2. The average molecular weight is 334 g/mol. The molecule has 2 atom stereocenters. The molecule has 0 bridgehead atoms. The SMILES string of the molecule is Cc1cc(C)c(C2NC(C(=O)O)Cc3c2[nH]c2ccccc32)c(C)c1. The highest BCUT2D eigenvalue weighted by Gasteiger charge is 2.35. The maximum atomic E-state index is 11.8. The second-order valence-electron chi connectivity index (χ2n) is 7.07. The molecule has 0 fully saturated rings. The molecule has 3 N–H and O–H groups in total. The van der Waals surface area contributed by atoms with Crippen LogP contribution in [0.5, 0.6) is 0 Å². The van der Waals surface area contributed by atoms with E-state index in [-0.39, 0.29) is 6.04 Å². The fourth-order valence-corrected chi connectivity index (χ4v) is 4.27. The molecule has 2 aromatic carbocycles. The van der Waals surface area contributed by atoms with E-state index in [2.05, 4.69) is 55.3 Å². The van der Waals surface area contributed by atoms with Crippen molar-refractivity contribution in [3.8, 4) is 0 Å². The molecule has 1 aliphatic heterocycles. The molecule has 0 aliphatic carbocycles. The van der Waals surface area contributed by atoms with E-state index in [0.29, 0.717) is 6.42 Å². The van der Waals surface area contributed by atoms with E-state index in [1.54, 1.807) is 0 Å². The van der Waals surface area contributed by atoms with Crippen LogP contribution >= 0.6 is 0 Å². The van der Waals surface area contributed by atoms with Gasteiger partial charge in [0.2, 0.25) is 0 Å². The van der Waals surface area contributed by atoms with Crippen LogP contribution in [-0.2, 0) is 11.2 Å². The Morgan fingerprint density at radius 2 is 1.80 bits per heavy atom. The predicted molar refractivity (Wildman–Crippen MR) is 99.1 cm³/mol. The number of carboxylic acids is 1. The second kappa shape index (κ2) is 5.74. The number of carbonyl (C=O) groups is 1. The van der Waals surface area contributed by atoms with Gasteiger partial charge in [0.25, 0.3) is 0 Å². The smallest absolute Gasteiger partial charge is 0.321 e. The van der Waals surface area contributed by atoms with Crippen LogP contribution in [0, 0.1) is 20.8 Å². The molecule has 4 heteroatoms. The van der Waals surface area contributed by atoms with Crippen molar-refractivity contribution in [2.45, 2.75) is 39.3 Å². The van der Waals surface area contributed by atoms with E-state index in [1.807, 2.05) is 12.1 Å². The van der Waals surface area contributed by atoms with Gasteiger partial charge in [-0.05, 0) is 49.1 Å². The number of carboxylic acid groups (broad SMARTS) is 1. The van der Waals surface area contributed by atoms with Crippen molar-refractivity contribution in [1.29, 1.82) is 0 Å². The first-order chi connectivity index (χ1) is 12.0. The summed E-state index contributed by atoms with van der Waals surface area (Å²) in [4.78, 5) is 15.3. The number of rotatable bonds is 2. The van der Waals surface area contributed by atoms with Gasteiger partial charge in [0.15, 0.2) is 0 Å². The monoisotopic (exact) mass is 334 g/mol. The third-order valence-corrected chi connectivity index (χ3v) is 5.24. The number of fused-ring (bicyclic) bond motifs is 3. The molecule has 4 nitrogen and oxygen atoms in total.